The van der Waals surface area contributed by atoms with Crippen LogP contribution in [0.3, 0.4) is 0 Å². The van der Waals surface area contributed by atoms with Crippen molar-refractivity contribution in [2.24, 2.45) is 4.99 Å². The van der Waals surface area contributed by atoms with Crippen molar-refractivity contribution in [1.82, 2.24) is 20.1 Å². The lowest BCUT2D eigenvalue weighted by Crippen LogP contribution is -2.43. The van der Waals surface area contributed by atoms with Gasteiger partial charge in [-0.15, -0.1) is 18.3 Å². The van der Waals surface area contributed by atoms with E-state index in [0.717, 1.165) is 53.4 Å². The van der Waals surface area contributed by atoms with Crippen molar-refractivity contribution in [2.45, 2.75) is 58.9 Å². The van der Waals surface area contributed by atoms with Crippen molar-refractivity contribution in [2.75, 3.05) is 17.2 Å². The van der Waals surface area contributed by atoms with Crippen LogP contribution in [0, 0.1) is 13.8 Å². The summed E-state index contributed by atoms with van der Waals surface area (Å²) in [4.78, 5) is 23.7. The molecule has 1 unspecified atom stereocenters. The fraction of sp³-hybridized carbons (Fsp3) is 0.333. The van der Waals surface area contributed by atoms with Gasteiger partial charge in [0.15, 0.2) is 11.0 Å². The molecule has 45 heavy (non-hydrogen) atoms. The van der Waals surface area contributed by atoms with E-state index >= 15 is 0 Å². The van der Waals surface area contributed by atoms with Crippen LogP contribution in [0.25, 0.3) is 17.1 Å². The maximum Gasteiger partial charge on any atom is 0.573 e. The Morgan fingerprint density at radius 1 is 1.04 bits per heavy atom. The van der Waals surface area contributed by atoms with E-state index in [-0.39, 0.29) is 17.8 Å². The molecule has 0 spiro atoms. The Morgan fingerprint density at radius 2 is 1.76 bits per heavy atom. The van der Waals surface area contributed by atoms with Gasteiger partial charge in [-0.25, -0.2) is 14.5 Å². The number of urea groups is 1. The largest absolute Gasteiger partial charge is 0.573 e. The van der Waals surface area contributed by atoms with E-state index in [1.807, 2.05) is 24.3 Å². The van der Waals surface area contributed by atoms with Gasteiger partial charge in [0.1, 0.15) is 12.1 Å². The predicted octanol–water partition coefficient (Wildman–Crippen LogP) is 7.87. The van der Waals surface area contributed by atoms with Crippen LogP contribution in [0.2, 0.25) is 0 Å². The summed E-state index contributed by atoms with van der Waals surface area (Å²) in [6, 6.07) is 19.5. The number of alkyl halides is 3. The summed E-state index contributed by atoms with van der Waals surface area (Å²) in [5.74, 6) is 1.14. The number of halogens is 3. The zero-order valence-corrected chi connectivity index (χ0v) is 26.2. The second-order valence-corrected chi connectivity index (χ2v) is 12.0. The first-order valence-corrected chi connectivity index (χ1v) is 15.8. The number of hydrogen-bond donors (Lipinski definition) is 1. The van der Waals surface area contributed by atoms with Gasteiger partial charge in [-0.2, -0.15) is 4.99 Å². The van der Waals surface area contributed by atoms with E-state index in [9.17, 15) is 18.0 Å². The number of hydrogen-bond acceptors (Lipinski definition) is 5. The molecule has 1 aliphatic heterocycles. The Balaban J connectivity index is 1.09. The van der Waals surface area contributed by atoms with E-state index in [0.29, 0.717) is 18.1 Å². The first kappa shape index (κ1) is 32.1. The van der Waals surface area contributed by atoms with E-state index in [1.165, 1.54) is 46.4 Å². The molecule has 2 amide bonds. The van der Waals surface area contributed by atoms with Crippen molar-refractivity contribution in [3.05, 3.63) is 89.7 Å². The monoisotopic (exact) mass is 636 g/mol. The average Bonchev–Trinajstić information content (AvgIpc) is 3.48. The van der Waals surface area contributed by atoms with Crippen molar-refractivity contribution >= 4 is 28.6 Å². The van der Waals surface area contributed by atoms with Crippen LogP contribution in [0.5, 0.6) is 5.75 Å². The van der Waals surface area contributed by atoms with E-state index in [2.05, 4.69) is 69.0 Å². The van der Waals surface area contributed by atoms with E-state index in [1.54, 1.807) is 11.8 Å². The molecule has 0 bridgehead atoms. The van der Waals surface area contributed by atoms with Crippen molar-refractivity contribution in [3.8, 4) is 22.8 Å². The Morgan fingerprint density at radius 3 is 2.44 bits per heavy atom. The summed E-state index contributed by atoms with van der Waals surface area (Å²) in [7, 11) is 0. The Kier molecular flexibility index (Phi) is 10.1. The molecule has 0 radical (unpaired) electrons. The van der Waals surface area contributed by atoms with Gasteiger partial charge in [-0.3, -0.25) is 0 Å². The van der Waals surface area contributed by atoms with Gasteiger partial charge in [0.2, 0.25) is 0 Å². The minimum atomic E-state index is -4.74. The number of anilines is 1. The molecule has 2 heterocycles. The summed E-state index contributed by atoms with van der Waals surface area (Å²) in [5.41, 5.74) is 6.01. The number of nitrogens with zero attached hydrogens (tertiary/aromatic N) is 5. The van der Waals surface area contributed by atoms with Crippen molar-refractivity contribution in [3.63, 3.8) is 0 Å². The highest BCUT2D eigenvalue weighted by atomic mass is 32.2. The third-order valence-corrected chi connectivity index (χ3v) is 8.48. The minimum Gasteiger partial charge on any atom is -0.406 e. The number of thioether (sulfide) groups is 1. The molecule has 0 aliphatic carbocycles. The van der Waals surface area contributed by atoms with Gasteiger partial charge < -0.3 is 15.0 Å². The maximum atomic E-state index is 12.7. The van der Waals surface area contributed by atoms with Crippen LogP contribution in [-0.2, 0) is 6.42 Å². The summed E-state index contributed by atoms with van der Waals surface area (Å²) in [6.07, 6.45) is 0.375. The summed E-state index contributed by atoms with van der Waals surface area (Å²) in [5, 5.41) is 8.15. The van der Waals surface area contributed by atoms with E-state index < -0.39 is 6.36 Å². The summed E-state index contributed by atoms with van der Waals surface area (Å²) >= 11 is 1.62. The van der Waals surface area contributed by atoms with Crippen LogP contribution in [-0.4, -0.2) is 50.7 Å². The Hall–Kier alpha value is -4.32. The molecule has 1 saturated heterocycles. The first-order valence-electron chi connectivity index (χ1n) is 14.8. The molecule has 12 heteroatoms. The fourth-order valence-corrected chi connectivity index (χ4v) is 6.41. The molecule has 236 valence electrons. The number of rotatable bonds is 9. The topological polar surface area (TPSA) is 84.6 Å². The number of carbonyl (C=O) groups is 1. The molecular formula is C33H35F3N6O2S. The normalized spacial score (nSPS) is 16.2. The van der Waals surface area contributed by atoms with Crippen LogP contribution in [0.4, 0.5) is 23.7 Å². The number of amidine groups is 1. The molecule has 3 aromatic carbocycles. The molecule has 5 rings (SSSR count). The van der Waals surface area contributed by atoms with Gasteiger partial charge in [-0.05, 0) is 87.4 Å². The van der Waals surface area contributed by atoms with Crippen LogP contribution in [0.1, 0.15) is 42.9 Å². The zero-order valence-electron chi connectivity index (χ0n) is 25.3. The molecule has 4 aromatic rings. The highest BCUT2D eigenvalue weighted by Gasteiger charge is 2.31. The average molecular weight is 637 g/mol. The Labute approximate surface area is 264 Å². The molecule has 1 N–H and O–H groups in total. The lowest BCUT2D eigenvalue weighted by molar-refractivity contribution is -0.274. The van der Waals surface area contributed by atoms with Gasteiger partial charge in [0, 0.05) is 29.6 Å². The van der Waals surface area contributed by atoms with Crippen molar-refractivity contribution in [1.29, 1.82) is 0 Å². The number of unbranched alkanes of at least 4 members (excludes halogenated alkanes) is 1. The number of aliphatic imine (C=N–C) groups is 1. The van der Waals surface area contributed by atoms with Crippen molar-refractivity contribution < 1.29 is 22.7 Å². The molecule has 8 nitrogen and oxygen atoms in total. The molecule has 1 aromatic heterocycles. The number of ether oxygens (including phenoxy) is 1. The number of amides is 2. The number of aryl methyl sites for hydroxylation is 3. The van der Waals surface area contributed by atoms with Gasteiger partial charge in [-0.1, -0.05) is 54.2 Å². The second-order valence-electron chi connectivity index (χ2n) is 10.9. The zero-order chi connectivity index (χ0) is 32.0. The molecule has 1 fully saturated rings. The SMILES string of the molecule is Cc1cccc(C)c1N1/C(=N/C(=O)NCCCCc2ccc(-c3ncn(-c4ccc(OC(F)(F)F)cc4)n3)cc2)SCCC1C. The quantitative estimate of drug-likeness (QED) is 0.188. The third-order valence-electron chi connectivity index (χ3n) is 7.50. The molecular weight excluding hydrogens is 601 g/mol. The predicted molar refractivity (Wildman–Crippen MR) is 172 cm³/mol. The highest BCUT2D eigenvalue weighted by Crippen LogP contribution is 2.34. The van der Waals surface area contributed by atoms with Gasteiger partial charge in [0.25, 0.3) is 0 Å². The summed E-state index contributed by atoms with van der Waals surface area (Å²) in [6.45, 7) is 6.91. The second kappa shape index (κ2) is 14.2. The lowest BCUT2D eigenvalue weighted by atomic mass is 10.1. The first-order chi connectivity index (χ1) is 21.6. The van der Waals surface area contributed by atoms with Crippen LogP contribution in [0.15, 0.2) is 78.0 Å². The number of benzene rings is 3. The van der Waals surface area contributed by atoms with Gasteiger partial charge in [0.05, 0.1) is 5.69 Å². The third kappa shape index (κ3) is 8.44. The van der Waals surface area contributed by atoms with Crippen LogP contribution < -0.4 is 15.0 Å². The summed E-state index contributed by atoms with van der Waals surface area (Å²) < 4.78 is 42.6. The number of carbonyl (C=O) groups excluding carboxylic acids is 1. The number of para-hydroxylation sites is 1. The molecule has 1 atom stereocenters. The van der Waals surface area contributed by atoms with E-state index in [4.69, 9.17) is 0 Å². The molecule has 1 aliphatic rings. The lowest BCUT2D eigenvalue weighted by Gasteiger charge is -2.37. The smallest absolute Gasteiger partial charge is 0.406 e. The fourth-order valence-electron chi connectivity index (χ4n) is 5.21. The van der Waals surface area contributed by atoms with Gasteiger partial charge >= 0.3 is 12.4 Å². The molecule has 0 saturated carbocycles. The number of nitrogens with one attached hydrogen (secondary N) is 1. The highest BCUT2D eigenvalue weighted by molar-refractivity contribution is 8.14. The standard InChI is InChI=1S/C33H35F3N6O2S/c1-22-7-6-8-23(2)29(22)42-24(3)18-20-45-32(42)39-31(43)37-19-5-4-9-25-10-12-26(13-11-25)30-38-21-41(40-30)27-14-16-28(17-15-27)44-33(34,35)36/h6-8,10-17,21,24H,4-5,9,18-20H2,1-3H3,(H,37,43)/b39-32-. The Bertz CT molecular complexity index is 1620. The maximum absolute atomic E-state index is 12.7. The minimum absolute atomic E-state index is 0.262. The number of aromatic nitrogens is 3. The van der Waals surface area contributed by atoms with Crippen LogP contribution >= 0.6 is 11.8 Å².